The summed E-state index contributed by atoms with van der Waals surface area (Å²) in [7, 11) is 0. The number of carbonyl (C=O) groups excluding carboxylic acids is 1. The number of rotatable bonds is 2. The molecular weight excluding hydrogens is 338 g/mol. The Morgan fingerprint density at radius 1 is 1.57 bits per heavy atom. The topological polar surface area (TPSA) is 87.8 Å². The molecule has 1 fully saturated rings. The number of morpholine rings is 1. The summed E-state index contributed by atoms with van der Waals surface area (Å²) >= 11 is 3.56. The largest absolute Gasteiger partial charge is 0.394 e. The summed E-state index contributed by atoms with van der Waals surface area (Å²) in [5, 5.41) is 12.1. The van der Waals surface area contributed by atoms with Gasteiger partial charge in [0.1, 0.15) is 6.04 Å². The van der Waals surface area contributed by atoms with Gasteiger partial charge >= 0.3 is 0 Å². The summed E-state index contributed by atoms with van der Waals surface area (Å²) in [6, 6.07) is 3.40. The fraction of sp³-hybridized carbons (Fsp3) is 0.500. The highest BCUT2D eigenvalue weighted by atomic mass is 79.9. The van der Waals surface area contributed by atoms with E-state index in [1.54, 1.807) is 0 Å². The van der Waals surface area contributed by atoms with Crippen LogP contribution in [0.3, 0.4) is 0 Å². The van der Waals surface area contributed by atoms with Gasteiger partial charge in [-0.2, -0.15) is 0 Å². The number of anilines is 2. The Bertz CT molecular complexity index is 581. The van der Waals surface area contributed by atoms with Crippen molar-refractivity contribution in [2.45, 2.75) is 25.1 Å². The molecule has 114 valence electrons. The van der Waals surface area contributed by atoms with E-state index >= 15 is 0 Å². The Balaban J connectivity index is 1.96. The maximum Gasteiger partial charge on any atom is 0.245 e. The number of hydrogen-bond acceptors (Lipinski definition) is 5. The number of nitrogens with one attached hydrogen (secondary N) is 1. The van der Waals surface area contributed by atoms with E-state index in [4.69, 9.17) is 10.5 Å². The van der Waals surface area contributed by atoms with Crippen LogP contribution in [-0.4, -0.2) is 42.9 Å². The summed E-state index contributed by atoms with van der Waals surface area (Å²) in [6.07, 6.45) is -0.196. The third-order valence-corrected chi connectivity index (χ3v) is 4.65. The van der Waals surface area contributed by atoms with Gasteiger partial charge in [0.15, 0.2) is 0 Å². The zero-order valence-corrected chi connectivity index (χ0v) is 13.3. The summed E-state index contributed by atoms with van der Waals surface area (Å²) < 4.78 is 6.45. The van der Waals surface area contributed by atoms with Gasteiger partial charge in [0, 0.05) is 28.3 Å². The van der Waals surface area contributed by atoms with Crippen LogP contribution in [0.4, 0.5) is 11.4 Å². The molecule has 6 nitrogen and oxygen atoms in total. The van der Waals surface area contributed by atoms with Crippen molar-refractivity contribution in [2.75, 3.05) is 30.0 Å². The number of halogens is 1. The minimum absolute atomic E-state index is 0.00656. The zero-order chi connectivity index (χ0) is 15.1. The minimum Gasteiger partial charge on any atom is -0.394 e. The number of carbonyl (C=O) groups is 1. The Morgan fingerprint density at radius 2 is 2.33 bits per heavy atom. The Morgan fingerprint density at radius 3 is 3.05 bits per heavy atom. The molecular formula is C14H18BrN3O3. The SMILES string of the molecule is CC1COC(CO)CN1c1cc2c(cc1Br)C(N)C(=O)N2. The van der Waals surface area contributed by atoms with E-state index in [2.05, 4.69) is 33.1 Å². The number of fused-ring (bicyclic) bond motifs is 1. The van der Waals surface area contributed by atoms with Crippen LogP contribution in [-0.2, 0) is 9.53 Å². The average molecular weight is 356 g/mol. The molecule has 2 heterocycles. The third kappa shape index (κ3) is 2.55. The predicted molar refractivity (Wildman–Crippen MR) is 83.3 cm³/mol. The van der Waals surface area contributed by atoms with E-state index in [0.29, 0.717) is 13.2 Å². The van der Waals surface area contributed by atoms with Crippen molar-refractivity contribution in [3.05, 3.63) is 22.2 Å². The maximum absolute atomic E-state index is 11.7. The molecule has 3 atom stereocenters. The summed E-state index contributed by atoms with van der Waals surface area (Å²) in [5.41, 5.74) is 8.38. The molecule has 4 N–H and O–H groups in total. The first-order valence-corrected chi connectivity index (χ1v) is 7.69. The van der Waals surface area contributed by atoms with Gasteiger partial charge in [-0.15, -0.1) is 0 Å². The molecule has 0 bridgehead atoms. The average Bonchev–Trinajstić information content (AvgIpc) is 2.74. The monoisotopic (exact) mass is 355 g/mol. The van der Waals surface area contributed by atoms with E-state index in [0.717, 1.165) is 21.4 Å². The molecule has 1 amide bonds. The van der Waals surface area contributed by atoms with Crippen molar-refractivity contribution < 1.29 is 14.6 Å². The molecule has 1 aromatic rings. The van der Waals surface area contributed by atoms with Gasteiger partial charge in [0.2, 0.25) is 5.91 Å². The molecule has 0 spiro atoms. The minimum atomic E-state index is -0.613. The lowest BCUT2D eigenvalue weighted by Crippen LogP contribution is -2.49. The van der Waals surface area contributed by atoms with E-state index in [1.807, 2.05) is 12.1 Å². The molecule has 1 saturated heterocycles. The second-order valence-electron chi connectivity index (χ2n) is 5.50. The lowest BCUT2D eigenvalue weighted by Gasteiger charge is -2.39. The van der Waals surface area contributed by atoms with Crippen molar-refractivity contribution >= 4 is 33.2 Å². The molecule has 0 radical (unpaired) electrons. The van der Waals surface area contributed by atoms with Crippen LogP contribution >= 0.6 is 15.9 Å². The highest BCUT2D eigenvalue weighted by molar-refractivity contribution is 9.10. The number of hydrogen-bond donors (Lipinski definition) is 3. The summed E-state index contributed by atoms with van der Waals surface area (Å²) in [4.78, 5) is 13.8. The molecule has 0 aliphatic carbocycles. The maximum atomic E-state index is 11.7. The second kappa shape index (κ2) is 5.57. The van der Waals surface area contributed by atoms with Crippen molar-refractivity contribution in [3.63, 3.8) is 0 Å². The van der Waals surface area contributed by atoms with Gasteiger partial charge in [0.05, 0.1) is 25.0 Å². The Labute approximate surface area is 131 Å². The fourth-order valence-corrected chi connectivity index (χ4v) is 3.37. The number of aliphatic hydroxyl groups is 1. The Kier molecular flexibility index (Phi) is 3.92. The third-order valence-electron chi connectivity index (χ3n) is 4.01. The number of aliphatic hydroxyl groups excluding tert-OH is 1. The van der Waals surface area contributed by atoms with Crippen LogP contribution in [0, 0.1) is 0 Å². The lowest BCUT2D eigenvalue weighted by atomic mass is 10.1. The molecule has 21 heavy (non-hydrogen) atoms. The number of nitrogens with two attached hydrogens (primary N) is 1. The molecule has 0 saturated carbocycles. The number of amides is 1. The normalized spacial score (nSPS) is 28.5. The van der Waals surface area contributed by atoms with Crippen LogP contribution in [0.5, 0.6) is 0 Å². The van der Waals surface area contributed by atoms with Crippen molar-refractivity contribution in [2.24, 2.45) is 5.73 Å². The van der Waals surface area contributed by atoms with Crippen LogP contribution < -0.4 is 16.0 Å². The first kappa shape index (κ1) is 14.8. The van der Waals surface area contributed by atoms with E-state index < -0.39 is 6.04 Å². The van der Waals surface area contributed by atoms with Crippen LogP contribution in [0.1, 0.15) is 18.5 Å². The molecule has 2 aliphatic heterocycles. The van der Waals surface area contributed by atoms with Gasteiger partial charge < -0.3 is 25.8 Å². The second-order valence-corrected chi connectivity index (χ2v) is 6.35. The van der Waals surface area contributed by atoms with E-state index in [-0.39, 0.29) is 24.7 Å². The van der Waals surface area contributed by atoms with Gasteiger partial charge in [-0.3, -0.25) is 4.79 Å². The summed E-state index contributed by atoms with van der Waals surface area (Å²) in [5.74, 6) is -0.183. The molecule has 2 aliphatic rings. The van der Waals surface area contributed by atoms with E-state index in [1.165, 1.54) is 0 Å². The Hall–Kier alpha value is -1.15. The highest BCUT2D eigenvalue weighted by Gasteiger charge is 2.31. The number of nitrogens with zero attached hydrogens (tertiary/aromatic N) is 1. The number of benzene rings is 1. The predicted octanol–water partition coefficient (Wildman–Crippen LogP) is 0.987. The molecule has 7 heteroatoms. The van der Waals surface area contributed by atoms with Gasteiger partial charge in [-0.1, -0.05) is 0 Å². The lowest BCUT2D eigenvalue weighted by molar-refractivity contribution is -0.116. The van der Waals surface area contributed by atoms with Crippen molar-refractivity contribution in [3.8, 4) is 0 Å². The van der Waals surface area contributed by atoms with Crippen molar-refractivity contribution in [1.82, 2.24) is 0 Å². The zero-order valence-electron chi connectivity index (χ0n) is 11.7. The summed E-state index contributed by atoms with van der Waals surface area (Å²) in [6.45, 7) is 3.22. The van der Waals surface area contributed by atoms with Crippen molar-refractivity contribution in [1.29, 1.82) is 0 Å². The molecule has 0 aromatic heterocycles. The van der Waals surface area contributed by atoms with E-state index in [9.17, 15) is 9.90 Å². The van der Waals surface area contributed by atoms with Gasteiger partial charge in [-0.25, -0.2) is 0 Å². The molecule has 3 unspecified atom stereocenters. The first-order chi connectivity index (χ1) is 10.0. The number of ether oxygens (including phenoxy) is 1. The van der Waals surface area contributed by atoms with Crippen LogP contribution in [0.15, 0.2) is 16.6 Å². The highest BCUT2D eigenvalue weighted by Crippen LogP contribution is 2.39. The van der Waals surface area contributed by atoms with Gasteiger partial charge in [0.25, 0.3) is 0 Å². The molecule has 1 aromatic carbocycles. The van der Waals surface area contributed by atoms with Gasteiger partial charge in [-0.05, 0) is 35.0 Å². The fourth-order valence-electron chi connectivity index (χ4n) is 2.78. The first-order valence-electron chi connectivity index (χ1n) is 6.90. The van der Waals surface area contributed by atoms with Crippen LogP contribution in [0.25, 0.3) is 0 Å². The standard InChI is InChI=1S/C14H18BrN3O3/c1-7-6-21-8(5-19)4-18(7)12-3-11-9(2-10(12)15)13(16)14(20)17-11/h2-3,7-8,13,19H,4-6,16H2,1H3,(H,17,20). The molecule has 3 rings (SSSR count). The van der Waals surface area contributed by atoms with Crippen LogP contribution in [0.2, 0.25) is 0 Å². The smallest absolute Gasteiger partial charge is 0.245 e. The quantitative estimate of drug-likeness (QED) is 0.736.